The predicted octanol–water partition coefficient (Wildman–Crippen LogP) is 10.4. The molecule has 212 valence electrons. The first kappa shape index (κ1) is 26.7. The Morgan fingerprint density at radius 3 is 1.31 bits per heavy atom. The molecule has 0 amide bonds. The van der Waals surface area contributed by atoms with Gasteiger partial charge in [-0.2, -0.15) is 0 Å². The van der Waals surface area contributed by atoms with Crippen LogP contribution in [-0.2, 0) is 6.42 Å². The summed E-state index contributed by atoms with van der Waals surface area (Å²) in [5.74, 6) is 2.10. The summed E-state index contributed by atoms with van der Waals surface area (Å²) >= 11 is 0. The molecule has 3 nitrogen and oxygen atoms in total. The molecule has 0 unspecified atom stereocenters. The van der Waals surface area contributed by atoms with Gasteiger partial charge in [-0.05, 0) is 55.4 Å². The maximum atomic E-state index is 5.14. The molecule has 0 saturated heterocycles. The Morgan fingerprint density at radius 1 is 0.356 bits per heavy atom. The minimum absolute atomic E-state index is 0.568. The molecule has 0 radical (unpaired) electrons. The fourth-order valence-corrected chi connectivity index (χ4v) is 6.15. The predicted molar refractivity (Wildman–Crippen MR) is 186 cm³/mol. The van der Waals surface area contributed by atoms with E-state index in [0.717, 1.165) is 44.1 Å². The second-order valence-electron chi connectivity index (χ2n) is 11.3. The number of fused-ring (bicyclic) bond motifs is 2. The van der Waals surface area contributed by atoms with Crippen molar-refractivity contribution in [3.8, 4) is 45.0 Å². The molecule has 0 aliphatic rings. The lowest BCUT2D eigenvalue weighted by molar-refractivity contribution is 0.934. The van der Waals surface area contributed by atoms with Gasteiger partial charge in [0.1, 0.15) is 5.82 Å². The van der Waals surface area contributed by atoms with Crippen molar-refractivity contribution in [2.45, 2.75) is 6.42 Å². The molecule has 0 spiro atoms. The van der Waals surface area contributed by atoms with Crippen LogP contribution in [0.5, 0.6) is 0 Å². The van der Waals surface area contributed by atoms with Crippen LogP contribution in [0.4, 0.5) is 0 Å². The van der Waals surface area contributed by atoms with Crippen LogP contribution < -0.4 is 0 Å². The summed E-state index contributed by atoms with van der Waals surface area (Å²) in [5.41, 5.74) is 7.85. The van der Waals surface area contributed by atoms with E-state index in [9.17, 15) is 0 Å². The van der Waals surface area contributed by atoms with E-state index in [-0.39, 0.29) is 0 Å². The summed E-state index contributed by atoms with van der Waals surface area (Å²) in [6.45, 7) is 0. The summed E-state index contributed by atoms with van der Waals surface area (Å²) in [6.07, 6.45) is 0.568. The van der Waals surface area contributed by atoms with Crippen LogP contribution in [0.25, 0.3) is 66.6 Å². The third kappa shape index (κ3) is 5.37. The van der Waals surface area contributed by atoms with E-state index in [2.05, 4.69) is 164 Å². The lowest BCUT2D eigenvalue weighted by Crippen LogP contribution is -2.05. The van der Waals surface area contributed by atoms with Gasteiger partial charge < -0.3 is 0 Å². The summed E-state index contributed by atoms with van der Waals surface area (Å²) in [6, 6.07) is 57.3. The molecule has 7 aromatic carbocycles. The molecule has 45 heavy (non-hydrogen) atoms. The lowest BCUT2D eigenvalue weighted by atomic mass is 9.95. The molecule has 0 N–H and O–H groups in total. The van der Waals surface area contributed by atoms with Gasteiger partial charge in [-0.1, -0.05) is 158 Å². The minimum Gasteiger partial charge on any atom is -0.213 e. The number of nitrogens with zero attached hydrogens (tertiary/aromatic N) is 3. The Bertz CT molecular complexity index is 2130. The van der Waals surface area contributed by atoms with Crippen molar-refractivity contribution in [2.24, 2.45) is 0 Å². The molecule has 0 aliphatic heterocycles. The number of benzene rings is 7. The average molecular weight is 576 g/mol. The molecule has 0 aliphatic carbocycles. The van der Waals surface area contributed by atoms with Crippen LogP contribution in [0.15, 0.2) is 164 Å². The Morgan fingerprint density at radius 2 is 0.800 bits per heavy atom. The fourth-order valence-electron chi connectivity index (χ4n) is 6.15. The third-order valence-electron chi connectivity index (χ3n) is 8.31. The summed E-state index contributed by atoms with van der Waals surface area (Å²) in [4.78, 5) is 15.4. The van der Waals surface area contributed by atoms with Crippen LogP contribution in [0.2, 0.25) is 0 Å². The molecule has 1 aromatic heterocycles. The Hall–Kier alpha value is -5.93. The van der Waals surface area contributed by atoms with Gasteiger partial charge >= 0.3 is 0 Å². The maximum Gasteiger partial charge on any atom is 0.164 e. The molecule has 3 heteroatoms. The molecule has 8 aromatic rings. The first-order valence-corrected chi connectivity index (χ1v) is 15.2. The van der Waals surface area contributed by atoms with Gasteiger partial charge in [-0.15, -0.1) is 0 Å². The first-order valence-electron chi connectivity index (χ1n) is 15.2. The maximum absolute atomic E-state index is 5.14. The van der Waals surface area contributed by atoms with Crippen LogP contribution >= 0.6 is 0 Å². The first-order chi connectivity index (χ1) is 22.3. The topological polar surface area (TPSA) is 38.7 Å². The summed E-state index contributed by atoms with van der Waals surface area (Å²) in [5, 5.41) is 4.57. The van der Waals surface area contributed by atoms with Crippen LogP contribution in [-0.4, -0.2) is 15.0 Å². The van der Waals surface area contributed by atoms with E-state index in [4.69, 9.17) is 15.0 Å². The van der Waals surface area contributed by atoms with Gasteiger partial charge in [-0.25, -0.2) is 15.0 Å². The van der Waals surface area contributed by atoms with Gasteiger partial charge in [0.2, 0.25) is 0 Å². The van der Waals surface area contributed by atoms with Crippen molar-refractivity contribution >= 4 is 21.5 Å². The number of hydrogen-bond donors (Lipinski definition) is 0. The van der Waals surface area contributed by atoms with Crippen LogP contribution in [0.3, 0.4) is 0 Å². The number of rotatable bonds is 6. The van der Waals surface area contributed by atoms with E-state index in [0.29, 0.717) is 18.1 Å². The zero-order valence-corrected chi connectivity index (χ0v) is 24.6. The molecule has 0 fully saturated rings. The van der Waals surface area contributed by atoms with Crippen molar-refractivity contribution < 1.29 is 0 Å². The SMILES string of the molecule is c1ccc(-c2cc(Cc3nc(-c4cccc5ccccc45)nc(-c4cccc5ccccc45)n3)cc(-c3ccccc3)c2)cc1. The van der Waals surface area contributed by atoms with E-state index in [1.807, 2.05) is 0 Å². The standard InChI is InChI=1S/C42H29N3/c1-3-13-30(14-4-1)34-25-29(26-35(28-34)31-15-5-2-6-16-31)27-40-43-41(38-23-11-19-32-17-7-9-21-36(32)38)45-42(44-40)39-24-12-20-33-18-8-10-22-37(33)39/h1-26,28H,27H2. The molecular weight excluding hydrogens is 546 g/mol. The largest absolute Gasteiger partial charge is 0.213 e. The van der Waals surface area contributed by atoms with Crippen LogP contribution in [0.1, 0.15) is 11.4 Å². The van der Waals surface area contributed by atoms with Crippen molar-refractivity contribution in [1.29, 1.82) is 0 Å². The third-order valence-corrected chi connectivity index (χ3v) is 8.31. The second-order valence-corrected chi connectivity index (χ2v) is 11.3. The highest BCUT2D eigenvalue weighted by Gasteiger charge is 2.16. The smallest absolute Gasteiger partial charge is 0.164 e. The normalized spacial score (nSPS) is 11.2. The van der Waals surface area contributed by atoms with Gasteiger partial charge in [0, 0.05) is 17.5 Å². The highest BCUT2D eigenvalue weighted by Crippen LogP contribution is 2.32. The quantitative estimate of drug-likeness (QED) is 0.198. The van der Waals surface area contributed by atoms with E-state index in [1.165, 1.54) is 22.3 Å². The number of hydrogen-bond acceptors (Lipinski definition) is 3. The van der Waals surface area contributed by atoms with E-state index in [1.54, 1.807) is 0 Å². The Kier molecular flexibility index (Phi) is 6.89. The highest BCUT2D eigenvalue weighted by atomic mass is 15.0. The molecule has 8 rings (SSSR count). The average Bonchev–Trinajstić information content (AvgIpc) is 3.11. The molecule has 0 saturated carbocycles. The van der Waals surface area contributed by atoms with E-state index >= 15 is 0 Å². The van der Waals surface area contributed by atoms with Crippen molar-refractivity contribution in [1.82, 2.24) is 15.0 Å². The minimum atomic E-state index is 0.568. The summed E-state index contributed by atoms with van der Waals surface area (Å²) in [7, 11) is 0. The van der Waals surface area contributed by atoms with E-state index < -0.39 is 0 Å². The molecule has 1 heterocycles. The fraction of sp³-hybridized carbons (Fsp3) is 0.0238. The van der Waals surface area contributed by atoms with Crippen LogP contribution in [0, 0.1) is 0 Å². The zero-order valence-electron chi connectivity index (χ0n) is 24.6. The van der Waals surface area contributed by atoms with Gasteiger partial charge in [0.25, 0.3) is 0 Å². The van der Waals surface area contributed by atoms with Crippen molar-refractivity contribution in [3.63, 3.8) is 0 Å². The van der Waals surface area contributed by atoms with Gasteiger partial charge in [0.15, 0.2) is 11.6 Å². The second kappa shape index (κ2) is 11.6. The van der Waals surface area contributed by atoms with Gasteiger partial charge in [-0.3, -0.25) is 0 Å². The Balaban J connectivity index is 1.32. The molecule has 0 bridgehead atoms. The Labute approximate surface area is 262 Å². The molecule has 0 atom stereocenters. The summed E-state index contributed by atoms with van der Waals surface area (Å²) < 4.78 is 0. The monoisotopic (exact) mass is 575 g/mol. The van der Waals surface area contributed by atoms with Crippen molar-refractivity contribution in [2.75, 3.05) is 0 Å². The lowest BCUT2D eigenvalue weighted by Gasteiger charge is -2.13. The highest BCUT2D eigenvalue weighted by molar-refractivity contribution is 5.97. The number of aromatic nitrogens is 3. The zero-order chi connectivity index (χ0) is 30.0. The molecular formula is C42H29N3. The van der Waals surface area contributed by atoms with Gasteiger partial charge in [0.05, 0.1) is 0 Å². The van der Waals surface area contributed by atoms with Crippen molar-refractivity contribution in [3.05, 3.63) is 175 Å².